The lowest BCUT2D eigenvalue weighted by molar-refractivity contribution is -0.174. The summed E-state index contributed by atoms with van der Waals surface area (Å²) in [5, 5.41) is 0. The molecule has 0 N–H and O–H groups in total. The molecule has 0 heterocycles. The Labute approximate surface area is 230 Å². The van der Waals surface area contributed by atoms with Gasteiger partial charge in [-0.25, -0.2) is 22.0 Å². The van der Waals surface area contributed by atoms with Crippen LogP contribution in [-0.2, 0) is 25.7 Å². The fourth-order valence-electron chi connectivity index (χ4n) is 4.56. The van der Waals surface area contributed by atoms with Crippen LogP contribution in [0.25, 0.3) is 0 Å². The number of benzene rings is 1. The Bertz CT molecular complexity index is 858. The van der Waals surface area contributed by atoms with E-state index in [1.807, 2.05) is 0 Å². The van der Waals surface area contributed by atoms with Crippen molar-refractivity contribution in [1.29, 1.82) is 0 Å². The first-order valence-corrected chi connectivity index (χ1v) is 14.5. The second-order valence-electron chi connectivity index (χ2n) is 10.1. The van der Waals surface area contributed by atoms with Gasteiger partial charge in [0.25, 0.3) is 0 Å². The van der Waals surface area contributed by atoms with E-state index in [0.717, 1.165) is 19.3 Å². The van der Waals surface area contributed by atoms with Gasteiger partial charge in [0, 0.05) is 0 Å². The smallest absolute Gasteiger partial charge is 0.323 e. The van der Waals surface area contributed by atoms with Crippen molar-refractivity contribution in [3.8, 4) is 0 Å². The van der Waals surface area contributed by atoms with Gasteiger partial charge in [-0.3, -0.25) is 9.59 Å². The number of ether oxygens (including phenoxy) is 2. The van der Waals surface area contributed by atoms with Crippen LogP contribution in [-0.4, -0.2) is 18.5 Å². The fraction of sp³-hybridized carbons (Fsp3) is 0.733. The average Bonchev–Trinajstić information content (AvgIpc) is 2.93. The summed E-state index contributed by atoms with van der Waals surface area (Å²) < 4.78 is 78.1. The minimum absolute atomic E-state index is 0.0169. The van der Waals surface area contributed by atoms with Gasteiger partial charge >= 0.3 is 11.9 Å². The summed E-state index contributed by atoms with van der Waals surface area (Å²) in [4.78, 5) is 25.5. The van der Waals surface area contributed by atoms with Crippen molar-refractivity contribution in [1.82, 2.24) is 0 Å². The largest absolute Gasteiger partial charge is 0.465 e. The molecule has 0 aliphatic carbocycles. The third-order valence-corrected chi connectivity index (χ3v) is 7.37. The third kappa shape index (κ3) is 10.7. The first-order valence-electron chi connectivity index (χ1n) is 14.5. The minimum atomic E-state index is -2.30. The van der Waals surface area contributed by atoms with E-state index in [9.17, 15) is 31.5 Å². The predicted molar refractivity (Wildman–Crippen MR) is 140 cm³/mol. The van der Waals surface area contributed by atoms with Gasteiger partial charge < -0.3 is 9.47 Å². The highest BCUT2D eigenvalue weighted by molar-refractivity contribution is 6.00. The number of halogens is 5. The van der Waals surface area contributed by atoms with E-state index in [1.54, 1.807) is 13.8 Å². The summed E-state index contributed by atoms with van der Waals surface area (Å²) in [6.07, 6.45) is 16.5. The van der Waals surface area contributed by atoms with Gasteiger partial charge in [0.2, 0.25) is 5.82 Å². The van der Waals surface area contributed by atoms with Crippen LogP contribution in [0.15, 0.2) is 0 Å². The van der Waals surface area contributed by atoms with E-state index >= 15 is 0 Å². The summed E-state index contributed by atoms with van der Waals surface area (Å²) in [6, 6.07) is 0. The minimum Gasteiger partial charge on any atom is -0.465 e. The molecule has 0 unspecified atom stereocenters. The number of unbranched alkanes of at least 4 members (excludes halogenated alkanes) is 13. The van der Waals surface area contributed by atoms with E-state index in [1.165, 1.54) is 64.2 Å². The summed E-state index contributed by atoms with van der Waals surface area (Å²) in [5.41, 5.74) is -3.02. The van der Waals surface area contributed by atoms with Crippen molar-refractivity contribution < 1.29 is 41.0 Å². The van der Waals surface area contributed by atoms with Crippen LogP contribution in [0, 0.1) is 34.5 Å². The van der Waals surface area contributed by atoms with E-state index < -0.39 is 58.6 Å². The lowest BCUT2D eigenvalue weighted by Gasteiger charge is -2.27. The Hall–Kier alpha value is -2.19. The first kappa shape index (κ1) is 34.8. The van der Waals surface area contributed by atoms with E-state index in [0.29, 0.717) is 6.42 Å². The van der Waals surface area contributed by atoms with Crippen molar-refractivity contribution in [2.45, 2.75) is 130 Å². The van der Waals surface area contributed by atoms with Crippen molar-refractivity contribution in [3.05, 3.63) is 34.6 Å². The summed E-state index contributed by atoms with van der Waals surface area (Å²) in [6.45, 7) is 4.23. The number of esters is 2. The van der Waals surface area contributed by atoms with Gasteiger partial charge in [-0.1, -0.05) is 104 Å². The van der Waals surface area contributed by atoms with Gasteiger partial charge in [-0.05, 0) is 19.3 Å². The Balaban J connectivity index is 2.37. The van der Waals surface area contributed by atoms with Crippen LogP contribution in [0.5, 0.6) is 0 Å². The molecule has 0 saturated heterocycles. The summed E-state index contributed by atoms with van der Waals surface area (Å²) in [7, 11) is 0. The molecule has 0 aliphatic rings. The molecule has 0 saturated carbocycles. The monoisotopic (exact) mass is 564 g/mol. The first-order chi connectivity index (χ1) is 18.7. The number of carbonyl (C=O) groups excluding carboxylic acids is 2. The van der Waals surface area contributed by atoms with Crippen LogP contribution in [0.2, 0.25) is 0 Å². The molecule has 0 radical (unpaired) electrons. The maximum absolute atomic E-state index is 13.9. The van der Waals surface area contributed by atoms with Crippen LogP contribution in [0.3, 0.4) is 0 Å². The van der Waals surface area contributed by atoms with Crippen LogP contribution >= 0.6 is 0 Å². The van der Waals surface area contributed by atoms with E-state index in [-0.39, 0.29) is 19.4 Å². The Morgan fingerprint density at radius 2 is 0.897 bits per heavy atom. The second kappa shape index (κ2) is 19.0. The Morgan fingerprint density at radius 3 is 1.31 bits per heavy atom. The highest BCUT2D eigenvalue weighted by Crippen LogP contribution is 2.32. The molecule has 0 aromatic heterocycles. The molecular weight excluding hydrogens is 519 g/mol. The summed E-state index contributed by atoms with van der Waals surface area (Å²) in [5.74, 6) is -12.7. The normalized spacial score (nSPS) is 11.6. The maximum atomic E-state index is 13.9. The number of hydrogen-bond acceptors (Lipinski definition) is 4. The molecule has 0 spiro atoms. The lowest BCUT2D eigenvalue weighted by atomic mass is 9.82. The molecule has 39 heavy (non-hydrogen) atoms. The molecular formula is C30H45F5O4. The van der Waals surface area contributed by atoms with Crippen molar-refractivity contribution in [3.63, 3.8) is 0 Å². The number of carbonyl (C=O) groups is 2. The average molecular weight is 565 g/mol. The van der Waals surface area contributed by atoms with Gasteiger partial charge in [-0.15, -0.1) is 0 Å². The SMILES string of the molecule is CCCCCCCCCCCCCCCCOC(=O)C(CC)(CC)C(=O)OCc1c(F)c(F)c(F)c(F)c1F. The Kier molecular flexibility index (Phi) is 17.0. The molecule has 4 nitrogen and oxygen atoms in total. The van der Waals surface area contributed by atoms with Crippen LogP contribution in [0.1, 0.15) is 129 Å². The predicted octanol–water partition coefficient (Wildman–Crippen LogP) is 9.26. The van der Waals surface area contributed by atoms with Gasteiger partial charge in [0.1, 0.15) is 6.61 Å². The molecule has 224 valence electrons. The fourth-order valence-corrected chi connectivity index (χ4v) is 4.56. The molecule has 0 aliphatic heterocycles. The molecule has 9 heteroatoms. The third-order valence-electron chi connectivity index (χ3n) is 7.37. The van der Waals surface area contributed by atoms with E-state index in [4.69, 9.17) is 9.47 Å². The molecule has 1 rings (SSSR count). The maximum Gasteiger partial charge on any atom is 0.323 e. The Morgan fingerprint density at radius 1 is 0.538 bits per heavy atom. The second-order valence-corrected chi connectivity index (χ2v) is 10.1. The van der Waals surface area contributed by atoms with Crippen molar-refractivity contribution >= 4 is 11.9 Å². The van der Waals surface area contributed by atoms with E-state index in [2.05, 4.69) is 6.92 Å². The standard InChI is InChI=1S/C30H45F5O4/c1-4-7-8-9-10-11-12-13-14-15-16-17-18-19-20-38-28(36)30(5-2,6-3)29(37)39-21-22-23(31)25(33)27(35)26(34)24(22)32/h4-21H2,1-3H3. The molecule has 1 aromatic rings. The molecule has 0 fully saturated rings. The highest BCUT2D eigenvalue weighted by atomic mass is 19.2. The number of hydrogen-bond donors (Lipinski definition) is 0. The summed E-state index contributed by atoms with van der Waals surface area (Å²) >= 11 is 0. The number of rotatable bonds is 21. The molecule has 0 bridgehead atoms. The molecule has 0 amide bonds. The zero-order valence-electron chi connectivity index (χ0n) is 23.8. The molecule has 1 aromatic carbocycles. The molecule has 0 atom stereocenters. The van der Waals surface area contributed by atoms with Crippen LogP contribution in [0.4, 0.5) is 22.0 Å². The van der Waals surface area contributed by atoms with Gasteiger partial charge in [0.05, 0.1) is 12.2 Å². The topological polar surface area (TPSA) is 52.6 Å². The lowest BCUT2D eigenvalue weighted by Crippen LogP contribution is -2.41. The van der Waals surface area contributed by atoms with Crippen LogP contribution < -0.4 is 0 Å². The van der Waals surface area contributed by atoms with Gasteiger partial charge in [-0.2, -0.15) is 0 Å². The zero-order valence-corrected chi connectivity index (χ0v) is 23.8. The quantitative estimate of drug-likeness (QED) is 0.0373. The van der Waals surface area contributed by atoms with Crippen molar-refractivity contribution in [2.75, 3.05) is 6.61 Å². The highest BCUT2D eigenvalue weighted by Gasteiger charge is 2.46. The van der Waals surface area contributed by atoms with Crippen molar-refractivity contribution in [2.24, 2.45) is 5.41 Å². The van der Waals surface area contributed by atoms with Gasteiger partial charge in [0.15, 0.2) is 28.7 Å². The zero-order chi connectivity index (χ0) is 29.3.